The van der Waals surface area contributed by atoms with Crippen molar-refractivity contribution in [2.45, 2.75) is 27.1 Å². The number of imide groups is 2. The number of ether oxygens (including phenoxy) is 4. The van der Waals surface area contributed by atoms with E-state index in [9.17, 15) is 14.4 Å². The lowest BCUT2D eigenvalue weighted by molar-refractivity contribution is -0.121. The van der Waals surface area contributed by atoms with Crippen LogP contribution in [0.1, 0.15) is 30.5 Å². The molecule has 0 atom stereocenters. The Morgan fingerprint density at radius 3 is 1.71 bits per heavy atom. The number of benzene rings is 5. The molecule has 1 heterocycles. The van der Waals surface area contributed by atoms with Gasteiger partial charge >= 0.3 is 6.03 Å². The molecule has 0 aliphatic carbocycles. The maximum absolute atomic E-state index is 13.9. The van der Waals surface area contributed by atoms with Gasteiger partial charge in [0.1, 0.15) is 18.8 Å². The second-order valence-electron chi connectivity index (χ2n) is 11.3. The maximum Gasteiger partial charge on any atom is 0.343 e. The van der Waals surface area contributed by atoms with Gasteiger partial charge in [0.15, 0.2) is 23.0 Å². The molecule has 5 aromatic carbocycles. The minimum Gasteiger partial charge on any atom is -0.490 e. The van der Waals surface area contributed by atoms with E-state index in [0.717, 1.165) is 20.9 Å². The number of hydrogen-bond donors (Lipinski definition) is 0. The quantitative estimate of drug-likeness (QED) is 0.0877. The Kier molecular flexibility index (Phi) is 11.1. The van der Waals surface area contributed by atoms with Crippen LogP contribution in [0.15, 0.2) is 131 Å². The van der Waals surface area contributed by atoms with Crippen LogP contribution in [0.3, 0.4) is 0 Å². The third kappa shape index (κ3) is 7.97. The minimum absolute atomic E-state index is 0.190. The van der Waals surface area contributed by atoms with Crippen molar-refractivity contribution in [3.8, 4) is 23.0 Å². The predicted molar refractivity (Wildman–Crippen MR) is 199 cm³/mol. The fourth-order valence-corrected chi connectivity index (χ4v) is 6.07. The number of amides is 4. The van der Waals surface area contributed by atoms with Crippen molar-refractivity contribution in [2.24, 2.45) is 0 Å². The van der Waals surface area contributed by atoms with Gasteiger partial charge in [0.05, 0.1) is 29.1 Å². The molecule has 1 saturated heterocycles. The van der Waals surface area contributed by atoms with Crippen molar-refractivity contribution in [1.29, 1.82) is 0 Å². The summed E-state index contributed by atoms with van der Waals surface area (Å²) >= 11 is 3.61. The van der Waals surface area contributed by atoms with Crippen LogP contribution in [0.4, 0.5) is 16.2 Å². The van der Waals surface area contributed by atoms with Crippen LogP contribution in [0.2, 0.25) is 0 Å². The molecule has 5 aromatic rings. The number of barbiturate groups is 1. The Morgan fingerprint density at radius 2 is 1.12 bits per heavy atom. The van der Waals surface area contributed by atoms with Gasteiger partial charge < -0.3 is 18.9 Å². The van der Waals surface area contributed by atoms with Gasteiger partial charge in [-0.2, -0.15) is 0 Å². The van der Waals surface area contributed by atoms with E-state index in [1.807, 2.05) is 62.4 Å². The van der Waals surface area contributed by atoms with Crippen molar-refractivity contribution >= 4 is 51.2 Å². The van der Waals surface area contributed by atoms with Gasteiger partial charge in [0.25, 0.3) is 11.8 Å². The molecule has 9 nitrogen and oxygen atoms in total. The third-order valence-electron chi connectivity index (χ3n) is 7.85. The summed E-state index contributed by atoms with van der Waals surface area (Å²) < 4.78 is 24.7. The normalized spacial score (nSPS) is 12.9. The van der Waals surface area contributed by atoms with Crippen molar-refractivity contribution in [1.82, 2.24) is 0 Å². The zero-order valence-electron chi connectivity index (χ0n) is 28.1. The molecular weight excluding hydrogens is 712 g/mol. The van der Waals surface area contributed by atoms with Gasteiger partial charge in [-0.3, -0.25) is 9.59 Å². The maximum atomic E-state index is 13.9. The molecule has 0 spiro atoms. The molecule has 10 heteroatoms. The Hall–Kier alpha value is -5.87. The second kappa shape index (κ2) is 16.2. The lowest BCUT2D eigenvalue weighted by atomic mass is 10.0. The summed E-state index contributed by atoms with van der Waals surface area (Å²) in [5.41, 5.74) is 2.88. The van der Waals surface area contributed by atoms with Gasteiger partial charge in [0.2, 0.25) is 0 Å². The average molecular weight is 748 g/mol. The Labute approximate surface area is 304 Å². The minimum atomic E-state index is -0.761. The smallest absolute Gasteiger partial charge is 0.343 e. The summed E-state index contributed by atoms with van der Waals surface area (Å²) in [6, 6.07) is 35.2. The van der Waals surface area contributed by atoms with E-state index in [2.05, 4.69) is 15.9 Å². The molecule has 0 aromatic heterocycles. The predicted octanol–water partition coefficient (Wildman–Crippen LogP) is 8.99. The molecule has 0 N–H and O–H groups in total. The molecule has 1 fully saturated rings. The first kappa shape index (κ1) is 35.0. The molecule has 258 valence electrons. The molecule has 51 heavy (non-hydrogen) atoms. The average Bonchev–Trinajstić information content (AvgIpc) is 3.14. The molecule has 1 aliphatic heterocycles. The van der Waals surface area contributed by atoms with E-state index in [1.165, 1.54) is 6.08 Å². The number of rotatable bonds is 13. The third-order valence-corrected chi connectivity index (χ3v) is 8.44. The van der Waals surface area contributed by atoms with Crippen LogP contribution < -0.4 is 28.7 Å². The Bertz CT molecular complexity index is 1990. The van der Waals surface area contributed by atoms with Crippen molar-refractivity contribution < 1.29 is 33.3 Å². The fourth-order valence-electron chi connectivity index (χ4n) is 5.50. The molecule has 4 amide bonds. The van der Waals surface area contributed by atoms with Gasteiger partial charge in [0, 0.05) is 0 Å². The SMILES string of the molecule is CCOc1cc(COc2c(Br)cc(C=C3C(=O)N(c4ccccc4)C(=O)N(c4ccccc4)C3=O)cc2OCC)ccc1OCc1ccccc1. The number of urea groups is 1. The number of carbonyl (C=O) groups is 3. The van der Waals surface area contributed by atoms with E-state index in [-0.39, 0.29) is 12.2 Å². The molecule has 6 rings (SSSR count). The van der Waals surface area contributed by atoms with Crippen molar-refractivity contribution in [3.05, 3.63) is 148 Å². The molecule has 1 aliphatic rings. The van der Waals surface area contributed by atoms with Crippen LogP contribution in [-0.2, 0) is 22.8 Å². The van der Waals surface area contributed by atoms with E-state index < -0.39 is 17.8 Å². The number of anilines is 2. The van der Waals surface area contributed by atoms with Crippen LogP contribution in [-0.4, -0.2) is 31.1 Å². The summed E-state index contributed by atoms with van der Waals surface area (Å²) in [7, 11) is 0. The summed E-state index contributed by atoms with van der Waals surface area (Å²) in [5, 5.41) is 0. The second-order valence-corrected chi connectivity index (χ2v) is 12.2. The molecular formula is C41H35BrN2O7. The Balaban J connectivity index is 1.28. The molecule has 0 saturated carbocycles. The largest absolute Gasteiger partial charge is 0.490 e. The fraction of sp³-hybridized carbons (Fsp3) is 0.146. The highest BCUT2D eigenvalue weighted by Crippen LogP contribution is 2.39. The van der Waals surface area contributed by atoms with Gasteiger partial charge in [-0.05, 0) is 101 Å². The van der Waals surface area contributed by atoms with E-state index in [1.54, 1.807) is 72.8 Å². The summed E-state index contributed by atoms with van der Waals surface area (Å²) in [6.07, 6.45) is 1.46. The number of carbonyl (C=O) groups excluding carboxylic acids is 3. The number of nitrogens with zero attached hydrogens (tertiary/aromatic N) is 2. The number of para-hydroxylation sites is 2. The highest BCUT2D eigenvalue weighted by Gasteiger charge is 2.43. The van der Waals surface area contributed by atoms with Crippen LogP contribution in [0.5, 0.6) is 23.0 Å². The summed E-state index contributed by atoms with van der Waals surface area (Å²) in [6.45, 7) is 5.16. The molecule has 0 bridgehead atoms. The number of hydrogen-bond acceptors (Lipinski definition) is 7. The van der Waals surface area contributed by atoms with Gasteiger partial charge in [-0.25, -0.2) is 14.6 Å². The standard InChI is InChI=1S/C41H35BrN2O7/c1-3-48-36-24-29(20-21-35(36)50-26-28-14-8-5-9-15-28)27-51-38-34(42)23-30(25-37(38)49-4-2)22-33-39(45)43(31-16-10-6-11-17-31)41(47)44(40(33)46)32-18-12-7-13-19-32/h5-25H,3-4,26-27H2,1-2H3. The van der Waals surface area contributed by atoms with Crippen LogP contribution in [0, 0.1) is 0 Å². The van der Waals surface area contributed by atoms with E-state index in [0.29, 0.717) is 64.2 Å². The lowest BCUT2D eigenvalue weighted by Crippen LogP contribution is -2.57. The molecule has 0 unspecified atom stereocenters. The topological polar surface area (TPSA) is 94.6 Å². The lowest BCUT2D eigenvalue weighted by Gasteiger charge is -2.34. The molecule has 0 radical (unpaired) electrons. The monoisotopic (exact) mass is 746 g/mol. The highest BCUT2D eigenvalue weighted by atomic mass is 79.9. The van der Waals surface area contributed by atoms with Gasteiger partial charge in [-0.1, -0.05) is 72.8 Å². The van der Waals surface area contributed by atoms with Crippen molar-refractivity contribution in [3.63, 3.8) is 0 Å². The Morgan fingerprint density at radius 1 is 0.569 bits per heavy atom. The first-order valence-corrected chi connectivity index (χ1v) is 17.2. The van der Waals surface area contributed by atoms with Crippen LogP contribution >= 0.6 is 15.9 Å². The zero-order chi connectivity index (χ0) is 35.7. The zero-order valence-corrected chi connectivity index (χ0v) is 29.7. The summed E-state index contributed by atoms with van der Waals surface area (Å²) in [5.74, 6) is 0.601. The van der Waals surface area contributed by atoms with Crippen LogP contribution in [0.25, 0.3) is 6.08 Å². The summed E-state index contributed by atoms with van der Waals surface area (Å²) in [4.78, 5) is 43.4. The number of halogens is 1. The van der Waals surface area contributed by atoms with Gasteiger partial charge in [-0.15, -0.1) is 0 Å². The first-order chi connectivity index (χ1) is 24.9. The van der Waals surface area contributed by atoms with E-state index in [4.69, 9.17) is 18.9 Å². The first-order valence-electron chi connectivity index (χ1n) is 16.4. The van der Waals surface area contributed by atoms with E-state index >= 15 is 0 Å². The van der Waals surface area contributed by atoms with Crippen molar-refractivity contribution in [2.75, 3.05) is 23.0 Å². The highest BCUT2D eigenvalue weighted by molar-refractivity contribution is 9.10.